The minimum Gasteiger partial charge on any atom is -0.478 e. The normalized spacial score (nSPS) is 15.5. The highest BCUT2D eigenvalue weighted by Gasteiger charge is 2.42. The fourth-order valence-electron chi connectivity index (χ4n) is 2.72. The molecule has 0 radical (unpaired) electrons. The molecular weight excluding hydrogens is 244 g/mol. The number of rotatable bonds is 4. The first kappa shape index (κ1) is 17.2. The summed E-state index contributed by atoms with van der Waals surface area (Å²) in [5.41, 5.74) is 2.54. The molecule has 0 aromatic heterocycles. The van der Waals surface area contributed by atoms with Gasteiger partial charge in [-0.1, -0.05) is 47.5 Å². The van der Waals surface area contributed by atoms with Crippen molar-refractivity contribution >= 4 is 14.0 Å². The maximum Gasteiger partial charge on any atom is 0.348 e. The largest absolute Gasteiger partial charge is 0.478 e. The summed E-state index contributed by atoms with van der Waals surface area (Å²) in [7, 11) is -1.97. The monoisotopic (exact) mass is 270 g/mol. The summed E-state index contributed by atoms with van der Waals surface area (Å²) >= 11 is 0. The van der Waals surface area contributed by atoms with Gasteiger partial charge >= 0.3 is 5.97 Å². The summed E-state index contributed by atoms with van der Waals surface area (Å²) in [6.07, 6.45) is 0. The number of carboxylic acids is 1. The highest BCUT2D eigenvalue weighted by Crippen LogP contribution is 2.40. The zero-order valence-electron chi connectivity index (χ0n) is 12.5. The number of aliphatic hydroxyl groups is 1. The third kappa shape index (κ3) is 3.36. The average Bonchev–Trinajstić information content (AvgIpc) is 2.15. The molecule has 0 aliphatic rings. The fraction of sp³-hybridized carbons (Fsp3) is 0.786. The molecule has 0 aromatic carbocycles. The summed E-state index contributed by atoms with van der Waals surface area (Å²) in [5, 5.41) is 18.7. The van der Waals surface area contributed by atoms with Gasteiger partial charge in [0.05, 0.1) is 0 Å². The van der Waals surface area contributed by atoms with Crippen molar-refractivity contribution in [2.75, 3.05) is 0 Å². The minimum atomic E-state index is -1.97. The molecule has 0 heterocycles. The smallest absolute Gasteiger partial charge is 0.348 e. The standard InChI is InChI=1S/C14H26O3Si/c1-10(2)18(11(3)4,12(5)6)9-8-14(7,17)13(15)16/h10-12,17H,1-7H3,(H,15,16). The molecular formula is C14H26O3Si. The Morgan fingerprint density at radius 3 is 1.61 bits per heavy atom. The van der Waals surface area contributed by atoms with Crippen molar-refractivity contribution in [3.63, 3.8) is 0 Å². The summed E-state index contributed by atoms with van der Waals surface area (Å²) in [6, 6.07) is 0. The van der Waals surface area contributed by atoms with Crippen LogP contribution in [0.15, 0.2) is 0 Å². The molecule has 0 aromatic rings. The molecule has 0 saturated heterocycles. The third-order valence-electron chi connectivity index (χ3n) is 3.80. The van der Waals surface area contributed by atoms with Gasteiger partial charge in [-0.05, 0) is 23.5 Å². The van der Waals surface area contributed by atoms with Crippen molar-refractivity contribution in [3.8, 4) is 11.5 Å². The van der Waals surface area contributed by atoms with Crippen molar-refractivity contribution in [3.05, 3.63) is 0 Å². The number of hydrogen-bond donors (Lipinski definition) is 2. The van der Waals surface area contributed by atoms with E-state index in [0.717, 1.165) is 0 Å². The topological polar surface area (TPSA) is 57.5 Å². The lowest BCUT2D eigenvalue weighted by Gasteiger charge is -2.38. The van der Waals surface area contributed by atoms with Crippen LogP contribution in [0.3, 0.4) is 0 Å². The van der Waals surface area contributed by atoms with Gasteiger partial charge in [0.15, 0.2) is 0 Å². The van der Waals surface area contributed by atoms with Crippen LogP contribution in [0.2, 0.25) is 16.6 Å². The van der Waals surface area contributed by atoms with Crippen LogP contribution >= 0.6 is 0 Å². The molecule has 2 N–H and O–H groups in total. The predicted molar refractivity (Wildman–Crippen MR) is 77.1 cm³/mol. The predicted octanol–water partition coefficient (Wildman–Crippen LogP) is 3.04. The molecule has 1 unspecified atom stereocenters. The quantitative estimate of drug-likeness (QED) is 0.610. The maximum absolute atomic E-state index is 10.9. The van der Waals surface area contributed by atoms with E-state index in [-0.39, 0.29) is 0 Å². The molecule has 4 heteroatoms. The van der Waals surface area contributed by atoms with Gasteiger partial charge in [-0.15, -0.1) is 5.54 Å². The SMILES string of the molecule is CC(C)[Si](C#CC(C)(O)C(=O)O)(C(C)C)C(C)C. The molecule has 0 rings (SSSR count). The van der Waals surface area contributed by atoms with Crippen LogP contribution in [-0.4, -0.2) is 29.9 Å². The molecule has 3 nitrogen and oxygen atoms in total. The van der Waals surface area contributed by atoms with Gasteiger partial charge in [-0.2, -0.15) is 0 Å². The van der Waals surface area contributed by atoms with Crippen molar-refractivity contribution in [1.82, 2.24) is 0 Å². The van der Waals surface area contributed by atoms with Crippen molar-refractivity contribution in [2.24, 2.45) is 0 Å². The van der Waals surface area contributed by atoms with E-state index in [1.807, 2.05) is 0 Å². The highest BCUT2D eigenvalue weighted by atomic mass is 28.3. The third-order valence-corrected chi connectivity index (χ3v) is 10.1. The van der Waals surface area contributed by atoms with E-state index < -0.39 is 19.6 Å². The van der Waals surface area contributed by atoms with E-state index in [1.165, 1.54) is 6.92 Å². The van der Waals surface area contributed by atoms with Gasteiger partial charge in [0.1, 0.15) is 8.07 Å². The van der Waals surface area contributed by atoms with Crippen molar-refractivity contribution < 1.29 is 15.0 Å². The lowest BCUT2D eigenvalue weighted by atomic mass is 10.1. The van der Waals surface area contributed by atoms with Crippen LogP contribution < -0.4 is 0 Å². The second-order valence-electron chi connectivity index (χ2n) is 6.02. The first-order chi connectivity index (χ1) is 7.98. The van der Waals surface area contributed by atoms with Crippen LogP contribution in [0.4, 0.5) is 0 Å². The maximum atomic E-state index is 10.9. The number of hydrogen-bond acceptors (Lipinski definition) is 2. The fourth-order valence-corrected chi connectivity index (χ4v) is 8.04. The Kier molecular flexibility index (Phi) is 5.64. The number of carbonyl (C=O) groups is 1. The zero-order chi connectivity index (χ0) is 14.7. The Bertz CT molecular complexity index is 337. The van der Waals surface area contributed by atoms with Gasteiger partial charge in [0, 0.05) is 0 Å². The lowest BCUT2D eigenvalue weighted by molar-refractivity contribution is -0.151. The summed E-state index contributed by atoms with van der Waals surface area (Å²) in [4.78, 5) is 10.9. The van der Waals surface area contributed by atoms with Gasteiger partial charge in [-0.3, -0.25) is 0 Å². The Hall–Kier alpha value is -0.793. The van der Waals surface area contributed by atoms with E-state index in [1.54, 1.807) is 0 Å². The van der Waals surface area contributed by atoms with E-state index in [0.29, 0.717) is 16.6 Å². The summed E-state index contributed by atoms with van der Waals surface area (Å²) in [6.45, 7) is 14.1. The van der Waals surface area contributed by atoms with Crippen LogP contribution in [0, 0.1) is 11.5 Å². The molecule has 104 valence electrons. The molecule has 18 heavy (non-hydrogen) atoms. The van der Waals surface area contributed by atoms with Crippen LogP contribution in [-0.2, 0) is 4.79 Å². The first-order valence-electron chi connectivity index (χ1n) is 6.48. The highest BCUT2D eigenvalue weighted by molar-refractivity contribution is 6.90. The molecule has 0 saturated carbocycles. The van der Waals surface area contributed by atoms with Crippen molar-refractivity contribution in [2.45, 2.75) is 70.7 Å². The van der Waals surface area contributed by atoms with E-state index in [2.05, 4.69) is 53.0 Å². The second-order valence-corrected chi connectivity index (χ2v) is 11.6. The van der Waals surface area contributed by atoms with Crippen LogP contribution in [0.1, 0.15) is 48.5 Å². The molecule has 0 fully saturated rings. The van der Waals surface area contributed by atoms with Gasteiger partial charge in [-0.25, -0.2) is 4.79 Å². The van der Waals surface area contributed by atoms with E-state index in [9.17, 15) is 9.90 Å². The molecule has 0 aliphatic heterocycles. The lowest BCUT2D eigenvalue weighted by Crippen LogP contribution is -2.44. The Balaban J connectivity index is 5.67. The number of carboxylic acid groups (broad SMARTS) is 1. The molecule has 0 spiro atoms. The Morgan fingerprint density at radius 2 is 1.39 bits per heavy atom. The molecule has 0 bridgehead atoms. The van der Waals surface area contributed by atoms with Gasteiger partial charge < -0.3 is 10.2 Å². The average molecular weight is 270 g/mol. The summed E-state index contributed by atoms with van der Waals surface area (Å²) in [5.74, 6) is 1.33. The second kappa shape index (κ2) is 5.90. The van der Waals surface area contributed by atoms with Gasteiger partial charge in [0.2, 0.25) is 5.60 Å². The Labute approximate surface area is 112 Å². The molecule has 0 amide bonds. The molecule has 0 aliphatic carbocycles. The summed E-state index contributed by atoms with van der Waals surface area (Å²) < 4.78 is 0. The first-order valence-corrected chi connectivity index (χ1v) is 8.71. The van der Waals surface area contributed by atoms with Gasteiger partial charge in [0.25, 0.3) is 0 Å². The number of aliphatic carboxylic acids is 1. The molecule has 1 atom stereocenters. The minimum absolute atomic E-state index is 0.426. The van der Waals surface area contributed by atoms with E-state index in [4.69, 9.17) is 5.11 Å². The van der Waals surface area contributed by atoms with Crippen molar-refractivity contribution in [1.29, 1.82) is 0 Å². The zero-order valence-corrected chi connectivity index (χ0v) is 13.5. The Morgan fingerprint density at radius 1 is 1.06 bits per heavy atom. The van der Waals surface area contributed by atoms with E-state index >= 15 is 0 Å². The van der Waals surface area contributed by atoms with Crippen LogP contribution in [0.5, 0.6) is 0 Å². The van der Waals surface area contributed by atoms with Crippen LogP contribution in [0.25, 0.3) is 0 Å².